The van der Waals surface area contributed by atoms with Crippen molar-refractivity contribution in [3.8, 4) is 113 Å². The molecule has 5 aliphatic rings. The zero-order valence-corrected chi connectivity index (χ0v) is 58.0. The Morgan fingerprint density at radius 2 is 0.750 bits per heavy atom. The number of hydrogen-bond donors (Lipinski definition) is 0. The van der Waals surface area contributed by atoms with Crippen molar-refractivity contribution in [3.63, 3.8) is 0 Å². The molecule has 104 heavy (non-hydrogen) atoms. The fourth-order valence-corrected chi connectivity index (χ4v) is 20.5. The highest BCUT2D eigenvalue weighted by molar-refractivity contribution is 7.99. The van der Waals surface area contributed by atoms with E-state index in [2.05, 4.69) is 292 Å². The molecule has 6 nitrogen and oxygen atoms in total. The Labute approximate surface area is 609 Å². The normalized spacial score (nSPS) is 15.2. The third kappa shape index (κ3) is 8.55. The topological polar surface area (TPSA) is 73.7 Å². The number of hydrogen-bond acceptors (Lipinski definition) is 8. The molecule has 5 heterocycles. The first-order valence-corrected chi connectivity index (χ1v) is 37.2. The van der Waals surface area contributed by atoms with E-state index in [4.69, 9.17) is 29.7 Å². The van der Waals surface area contributed by atoms with Crippen LogP contribution in [-0.4, -0.2) is 24.9 Å². The molecular formula is C96H59N5OS2. The minimum Gasteiger partial charge on any atom is -0.457 e. The number of rotatable bonds is 8. The lowest BCUT2D eigenvalue weighted by atomic mass is 9.64. The van der Waals surface area contributed by atoms with E-state index >= 15 is 0 Å². The fourth-order valence-electron chi connectivity index (χ4n) is 18.2. The monoisotopic (exact) mass is 1360 g/mol. The predicted molar refractivity (Wildman–Crippen MR) is 422 cm³/mol. The average molecular weight is 1360 g/mol. The van der Waals surface area contributed by atoms with E-state index < -0.39 is 16.2 Å². The van der Waals surface area contributed by atoms with Crippen molar-refractivity contribution in [1.29, 1.82) is 0 Å². The number of thiophene rings is 1. The molecule has 0 N–H and O–H groups in total. The van der Waals surface area contributed by atoms with E-state index in [1.165, 1.54) is 102 Å². The first kappa shape index (κ1) is 59.2. The summed E-state index contributed by atoms with van der Waals surface area (Å²) in [5, 5.41) is 2.42. The van der Waals surface area contributed by atoms with Gasteiger partial charge in [-0.15, -0.1) is 11.3 Å². The average Bonchev–Trinajstić information content (AvgIpc) is 1.44. The van der Waals surface area contributed by atoms with Gasteiger partial charge in [0.25, 0.3) is 0 Å². The third-order valence-electron chi connectivity index (χ3n) is 22.7. The lowest BCUT2D eigenvalue weighted by Gasteiger charge is -2.40. The molecule has 0 saturated heterocycles. The maximum atomic E-state index is 7.25. The number of benzene rings is 14. The first-order chi connectivity index (χ1) is 51.3. The molecule has 1 atom stereocenters. The lowest BCUT2D eigenvalue weighted by Crippen LogP contribution is -2.33. The summed E-state index contributed by atoms with van der Waals surface area (Å²) in [7, 11) is 0. The molecule has 2 spiro atoms. The molecule has 3 aromatic heterocycles. The molecule has 0 bridgehead atoms. The van der Waals surface area contributed by atoms with Gasteiger partial charge in [0.05, 0.1) is 22.2 Å². The van der Waals surface area contributed by atoms with Crippen molar-refractivity contribution >= 4 is 43.3 Å². The van der Waals surface area contributed by atoms with Gasteiger partial charge in [-0.3, -0.25) is 0 Å². The quantitative estimate of drug-likeness (QED) is 0.150. The van der Waals surface area contributed by atoms with Crippen LogP contribution in [-0.2, 0) is 22.7 Å². The Hall–Kier alpha value is -12.5. The van der Waals surface area contributed by atoms with Crippen LogP contribution in [0.1, 0.15) is 68.1 Å². The molecule has 3 aliphatic carbocycles. The largest absolute Gasteiger partial charge is 0.457 e. The van der Waals surface area contributed by atoms with Crippen LogP contribution in [0.2, 0.25) is 0 Å². The Morgan fingerprint density at radius 3 is 1.38 bits per heavy atom. The summed E-state index contributed by atoms with van der Waals surface area (Å²) < 4.78 is 9.73. The van der Waals surface area contributed by atoms with Crippen molar-refractivity contribution in [2.75, 3.05) is 0 Å². The zero-order valence-electron chi connectivity index (χ0n) is 56.3. The molecule has 0 amide bonds. The second-order valence-corrected chi connectivity index (χ2v) is 30.4. The molecule has 14 aromatic carbocycles. The highest BCUT2D eigenvalue weighted by Crippen LogP contribution is 2.66. The van der Waals surface area contributed by atoms with E-state index in [1.54, 1.807) is 0 Å². The van der Waals surface area contributed by atoms with Crippen LogP contribution in [0, 0.1) is 0 Å². The third-order valence-corrected chi connectivity index (χ3v) is 25.0. The molecule has 486 valence electrons. The molecule has 0 fully saturated rings. The standard InChI is InChI=1S/C96H59N5OS2/c1-94(72-47-45-62(83-55-82(58-23-5-2-6-24-58)97-90(98-83)59-25-7-3-8-26-59)49-68(72)69-51-85-80(53-79(69)94)95(77-37-19-21-39-84(77)102-85)73-33-15-11-29-64(73)65-30-12-16-34-74(65)95)56-57-41-43-61(44-42-57)92-99-91(60-27-9-4-10-28-60)100-93(101-92)63-46-48-86-70(50-63)71-52-89-81(54-88(71)103-86)96(78-38-20-22-40-87(78)104-89)75-35-17-13-31-66(75)67-32-14-18-36-76(67)96/h2-55H,56H2,1H3. The number of nitrogens with zero attached hydrogens (tertiary/aromatic N) is 5. The van der Waals surface area contributed by atoms with Crippen LogP contribution in [0.15, 0.2) is 337 Å². The van der Waals surface area contributed by atoms with Crippen molar-refractivity contribution in [3.05, 3.63) is 389 Å². The van der Waals surface area contributed by atoms with Crippen molar-refractivity contribution in [1.82, 2.24) is 24.9 Å². The number of fused-ring (bicyclic) bond motifs is 24. The fraction of sp³-hybridized carbons (Fsp3) is 0.0521. The summed E-state index contributed by atoms with van der Waals surface area (Å²) in [5.74, 6) is 4.26. The minimum absolute atomic E-state index is 0.449. The number of aromatic nitrogens is 5. The Bertz CT molecular complexity index is 6340. The van der Waals surface area contributed by atoms with E-state index in [0.29, 0.717) is 29.7 Å². The van der Waals surface area contributed by atoms with Gasteiger partial charge in [0, 0.05) is 79.9 Å². The molecule has 22 rings (SSSR count). The highest BCUT2D eigenvalue weighted by atomic mass is 32.2. The maximum absolute atomic E-state index is 7.25. The van der Waals surface area contributed by atoms with Crippen molar-refractivity contribution in [2.24, 2.45) is 0 Å². The lowest BCUT2D eigenvalue weighted by molar-refractivity contribution is 0.435. The SMILES string of the molecule is CC1(Cc2ccc(-c3nc(-c4ccccc4)nc(-c4ccc5sc6cc7c(cc6c5c4)Sc4ccccc4C74c5ccccc5-c5ccccc54)n3)cc2)c2ccc(-c3cc(-c4ccccc4)nc(-c4ccccc4)n3)cc2-c2cc3c(cc21)C1(c2ccccc2O3)c2ccccc2-c2ccccc21. The smallest absolute Gasteiger partial charge is 0.164 e. The molecule has 0 radical (unpaired) electrons. The highest BCUT2D eigenvalue weighted by Gasteiger charge is 2.54. The van der Waals surface area contributed by atoms with Crippen molar-refractivity contribution < 1.29 is 4.74 Å². The van der Waals surface area contributed by atoms with Gasteiger partial charge in [-0.05, 0) is 157 Å². The van der Waals surface area contributed by atoms with Crippen LogP contribution < -0.4 is 4.74 Å². The van der Waals surface area contributed by atoms with E-state index in [9.17, 15) is 0 Å². The van der Waals surface area contributed by atoms with Gasteiger partial charge in [0.1, 0.15) is 11.5 Å². The molecular weight excluding hydrogens is 1300 g/mol. The van der Waals surface area contributed by atoms with Gasteiger partial charge in [0.15, 0.2) is 23.3 Å². The number of ether oxygens (including phenoxy) is 1. The van der Waals surface area contributed by atoms with Crippen LogP contribution in [0.5, 0.6) is 11.5 Å². The molecule has 0 saturated carbocycles. The summed E-state index contributed by atoms with van der Waals surface area (Å²) in [6.07, 6.45) is 0.703. The van der Waals surface area contributed by atoms with E-state index in [1.807, 2.05) is 65.6 Å². The summed E-state index contributed by atoms with van der Waals surface area (Å²) in [5.41, 5.74) is 27.1. The minimum atomic E-state index is -0.643. The van der Waals surface area contributed by atoms with E-state index in [-0.39, 0.29) is 0 Å². The Kier molecular flexibility index (Phi) is 12.8. The van der Waals surface area contributed by atoms with Gasteiger partial charge < -0.3 is 4.74 Å². The molecule has 8 heteroatoms. The maximum Gasteiger partial charge on any atom is 0.164 e. The molecule has 17 aromatic rings. The van der Waals surface area contributed by atoms with E-state index in [0.717, 1.165) is 78.5 Å². The van der Waals surface area contributed by atoms with Gasteiger partial charge >= 0.3 is 0 Å². The summed E-state index contributed by atoms with van der Waals surface area (Å²) in [6, 6.07) is 120. The second-order valence-electron chi connectivity index (χ2n) is 28.3. The van der Waals surface area contributed by atoms with Gasteiger partial charge in [0.2, 0.25) is 0 Å². The zero-order chi connectivity index (χ0) is 68.4. The summed E-state index contributed by atoms with van der Waals surface area (Å²) >= 11 is 3.75. The Morgan fingerprint density at radius 1 is 0.279 bits per heavy atom. The van der Waals surface area contributed by atoms with Crippen LogP contribution in [0.25, 0.3) is 122 Å². The van der Waals surface area contributed by atoms with Crippen molar-refractivity contribution in [2.45, 2.75) is 39.4 Å². The van der Waals surface area contributed by atoms with Gasteiger partial charge in [-0.1, -0.05) is 280 Å². The summed E-state index contributed by atoms with van der Waals surface area (Å²) in [6.45, 7) is 2.44. The van der Waals surface area contributed by atoms with Crippen LogP contribution in [0.4, 0.5) is 0 Å². The molecule has 1 unspecified atom stereocenters. The van der Waals surface area contributed by atoms with Crippen LogP contribution >= 0.6 is 23.1 Å². The van der Waals surface area contributed by atoms with Crippen LogP contribution in [0.3, 0.4) is 0 Å². The van der Waals surface area contributed by atoms with Gasteiger partial charge in [-0.25, -0.2) is 24.9 Å². The molecule has 2 aliphatic heterocycles. The summed E-state index contributed by atoms with van der Waals surface area (Å²) in [4.78, 5) is 29.1. The first-order valence-electron chi connectivity index (χ1n) is 35.5. The second kappa shape index (κ2) is 22.5. The van der Waals surface area contributed by atoms with Gasteiger partial charge in [-0.2, -0.15) is 0 Å². The Balaban J connectivity index is 0.673. The number of para-hydroxylation sites is 1. The predicted octanol–water partition coefficient (Wildman–Crippen LogP) is 23.9.